The fourth-order valence-corrected chi connectivity index (χ4v) is 0. The fourth-order valence-electron chi connectivity index (χ4n) is 0. The second-order valence-electron chi connectivity index (χ2n) is 0.757. The van der Waals surface area contributed by atoms with Crippen molar-refractivity contribution in [3.8, 4) is 0 Å². The molecule has 7 heavy (non-hydrogen) atoms. The molecule has 6 heteroatoms. The molecule has 0 aromatic rings. The van der Waals surface area contributed by atoms with E-state index < -0.39 is 14.3 Å². The Morgan fingerprint density at radius 1 is 1.14 bits per heavy atom. The molecule has 0 saturated heterocycles. The van der Waals surface area contributed by atoms with Gasteiger partial charge in [-0.2, -0.15) is 13.2 Å². The van der Waals surface area contributed by atoms with Crippen molar-refractivity contribution in [3.63, 3.8) is 0 Å². The molecule has 44 valence electrons. The van der Waals surface area contributed by atoms with Gasteiger partial charge in [0.2, 0.25) is 0 Å². The molecular formula is CH2F3O2P. The minimum atomic E-state index is -4.82. The third-order valence-electron chi connectivity index (χ3n) is 0.227. The maximum atomic E-state index is 10.7. The maximum absolute atomic E-state index is 10.7. The molecule has 0 radical (unpaired) electrons. The Labute approximate surface area is 38.5 Å². The molecule has 0 aliphatic carbocycles. The van der Waals surface area contributed by atoms with Crippen LogP contribution in [0.3, 0.4) is 0 Å². The molecule has 0 saturated carbocycles. The van der Waals surface area contributed by atoms with Gasteiger partial charge in [0.05, 0.1) is 0 Å². The van der Waals surface area contributed by atoms with Crippen LogP contribution >= 0.6 is 8.38 Å². The van der Waals surface area contributed by atoms with E-state index in [0.717, 1.165) is 0 Å². The first-order valence-electron chi connectivity index (χ1n) is 1.19. The standard InChI is InChI=1S/CH2F3O2P/c2-1(3,4)7(5)6/h5-6H. The molecular weight excluding hydrogens is 132 g/mol. The Kier molecular flexibility index (Phi) is 1.98. The molecule has 0 aliphatic heterocycles. The Bertz CT molecular complexity index is 58.4. The van der Waals surface area contributed by atoms with Crippen LogP contribution in [0.15, 0.2) is 0 Å². The normalized spacial score (nSPS) is 12.9. The second-order valence-corrected chi connectivity index (χ2v) is 1.84. The monoisotopic (exact) mass is 134 g/mol. The SMILES string of the molecule is OP(O)C(F)(F)F. The Morgan fingerprint density at radius 3 is 1.29 bits per heavy atom. The van der Waals surface area contributed by atoms with Crippen LogP contribution in [0.25, 0.3) is 0 Å². The smallest absolute Gasteiger partial charge is 0.344 e. The van der Waals surface area contributed by atoms with E-state index in [4.69, 9.17) is 9.79 Å². The van der Waals surface area contributed by atoms with Gasteiger partial charge in [-0.15, -0.1) is 0 Å². The van der Waals surface area contributed by atoms with Gasteiger partial charge < -0.3 is 9.79 Å². The van der Waals surface area contributed by atoms with Crippen LogP contribution in [-0.4, -0.2) is 15.7 Å². The van der Waals surface area contributed by atoms with E-state index in [0.29, 0.717) is 0 Å². The zero-order chi connectivity index (χ0) is 6.08. The van der Waals surface area contributed by atoms with E-state index in [1.807, 2.05) is 0 Å². The summed E-state index contributed by atoms with van der Waals surface area (Å²) in [5, 5.41) is 0. The molecule has 2 nitrogen and oxygen atoms in total. The van der Waals surface area contributed by atoms with Crippen LogP contribution in [0.4, 0.5) is 13.2 Å². The van der Waals surface area contributed by atoms with Crippen LogP contribution < -0.4 is 0 Å². The summed E-state index contributed by atoms with van der Waals surface area (Å²) in [6, 6.07) is 0. The summed E-state index contributed by atoms with van der Waals surface area (Å²) in [5.41, 5.74) is 0. The van der Waals surface area contributed by atoms with Gasteiger partial charge >= 0.3 is 5.92 Å². The van der Waals surface area contributed by atoms with E-state index in [1.165, 1.54) is 0 Å². The van der Waals surface area contributed by atoms with E-state index in [2.05, 4.69) is 0 Å². The first-order valence-corrected chi connectivity index (χ1v) is 2.44. The van der Waals surface area contributed by atoms with E-state index in [-0.39, 0.29) is 0 Å². The van der Waals surface area contributed by atoms with Crippen molar-refractivity contribution in [2.75, 3.05) is 0 Å². The number of halogens is 3. The largest absolute Gasteiger partial charge is 0.457 e. The Morgan fingerprint density at radius 2 is 1.29 bits per heavy atom. The van der Waals surface area contributed by atoms with Crippen molar-refractivity contribution in [3.05, 3.63) is 0 Å². The third-order valence-corrected chi connectivity index (χ3v) is 0.680. The summed E-state index contributed by atoms with van der Waals surface area (Å²) in [7, 11) is -3.74. The van der Waals surface area contributed by atoms with Gasteiger partial charge in [0.15, 0.2) is 0 Å². The molecule has 0 unspecified atom stereocenters. The molecule has 2 N–H and O–H groups in total. The number of rotatable bonds is 0. The van der Waals surface area contributed by atoms with Gasteiger partial charge in [0.25, 0.3) is 8.38 Å². The van der Waals surface area contributed by atoms with Crippen LogP contribution in [0.2, 0.25) is 0 Å². The molecule has 0 aliphatic rings. The predicted octanol–water partition coefficient (Wildman–Crippen LogP) is 0.803. The van der Waals surface area contributed by atoms with Gasteiger partial charge in [-0.05, 0) is 0 Å². The van der Waals surface area contributed by atoms with Gasteiger partial charge in [0, 0.05) is 0 Å². The van der Waals surface area contributed by atoms with Crippen molar-refractivity contribution in [1.29, 1.82) is 0 Å². The fraction of sp³-hybridized carbons (Fsp3) is 1.00. The summed E-state index contributed by atoms with van der Waals surface area (Å²) in [6.07, 6.45) is 0. The van der Waals surface area contributed by atoms with Crippen LogP contribution in [0.5, 0.6) is 0 Å². The van der Waals surface area contributed by atoms with Crippen molar-refractivity contribution < 1.29 is 23.0 Å². The highest BCUT2D eigenvalue weighted by Gasteiger charge is 2.38. The van der Waals surface area contributed by atoms with Crippen LogP contribution in [0.1, 0.15) is 0 Å². The average Bonchev–Trinajstić information content (AvgIpc) is 1.31. The molecule has 0 aromatic heterocycles. The van der Waals surface area contributed by atoms with Crippen LogP contribution in [-0.2, 0) is 0 Å². The van der Waals surface area contributed by atoms with E-state index in [1.54, 1.807) is 0 Å². The molecule has 0 atom stereocenters. The predicted molar refractivity (Wildman–Crippen MR) is 17.4 cm³/mol. The first-order chi connectivity index (χ1) is 2.94. The molecule has 0 aromatic carbocycles. The number of hydrogen-bond acceptors (Lipinski definition) is 2. The zero-order valence-electron chi connectivity index (χ0n) is 2.98. The summed E-state index contributed by atoms with van der Waals surface area (Å²) >= 11 is 0. The molecule has 0 rings (SSSR count). The lowest BCUT2D eigenvalue weighted by Gasteiger charge is -2.03. The summed E-state index contributed by atoms with van der Waals surface area (Å²) < 4.78 is 32.1. The molecule has 0 fully saturated rings. The lowest BCUT2D eigenvalue weighted by Crippen LogP contribution is -2.02. The topological polar surface area (TPSA) is 40.5 Å². The maximum Gasteiger partial charge on any atom is 0.457 e. The molecule has 0 bridgehead atoms. The minimum Gasteiger partial charge on any atom is -0.344 e. The Balaban J connectivity index is 3.54. The Hall–Kier alpha value is 0.140. The van der Waals surface area contributed by atoms with Crippen molar-refractivity contribution in [1.82, 2.24) is 0 Å². The van der Waals surface area contributed by atoms with Gasteiger partial charge in [0.1, 0.15) is 0 Å². The summed E-state index contributed by atoms with van der Waals surface area (Å²) in [6.45, 7) is 0. The number of alkyl halides is 3. The average molecular weight is 134 g/mol. The number of hydrogen-bond donors (Lipinski definition) is 2. The van der Waals surface area contributed by atoms with E-state index in [9.17, 15) is 13.2 Å². The third kappa shape index (κ3) is 2.79. The van der Waals surface area contributed by atoms with Crippen molar-refractivity contribution >= 4 is 8.38 Å². The van der Waals surface area contributed by atoms with Gasteiger partial charge in [-0.1, -0.05) is 0 Å². The lowest BCUT2D eigenvalue weighted by molar-refractivity contribution is -0.0557. The second kappa shape index (κ2) is 1.94. The minimum absolute atomic E-state index is 3.74. The lowest BCUT2D eigenvalue weighted by atomic mass is 11.6. The molecule has 0 heterocycles. The van der Waals surface area contributed by atoms with Crippen molar-refractivity contribution in [2.24, 2.45) is 0 Å². The summed E-state index contributed by atoms with van der Waals surface area (Å²) in [5.74, 6) is -4.82. The first kappa shape index (κ1) is 7.14. The highest BCUT2D eigenvalue weighted by atomic mass is 31.2. The quantitative estimate of drug-likeness (QED) is 0.481. The van der Waals surface area contributed by atoms with Gasteiger partial charge in [-0.3, -0.25) is 0 Å². The molecule has 0 amide bonds. The van der Waals surface area contributed by atoms with Crippen molar-refractivity contribution in [2.45, 2.75) is 5.92 Å². The highest BCUT2D eigenvalue weighted by Crippen LogP contribution is 2.45. The summed E-state index contributed by atoms with van der Waals surface area (Å²) in [4.78, 5) is 14.8. The van der Waals surface area contributed by atoms with Gasteiger partial charge in [-0.25, -0.2) is 0 Å². The molecule has 0 spiro atoms. The van der Waals surface area contributed by atoms with E-state index >= 15 is 0 Å². The highest BCUT2D eigenvalue weighted by molar-refractivity contribution is 7.46. The zero-order valence-corrected chi connectivity index (χ0v) is 3.87. The van der Waals surface area contributed by atoms with Crippen LogP contribution in [0, 0.1) is 0 Å².